The molecule has 0 aromatic heterocycles. The van der Waals surface area contributed by atoms with Gasteiger partial charge in [0.05, 0.1) is 0 Å². The van der Waals surface area contributed by atoms with Crippen LogP contribution < -0.4 is 10.6 Å². The summed E-state index contributed by atoms with van der Waals surface area (Å²) in [6, 6.07) is 8.80. The highest BCUT2D eigenvalue weighted by atomic mass is 32.2. The third kappa shape index (κ3) is 5.00. The van der Waals surface area contributed by atoms with Crippen molar-refractivity contribution in [1.82, 2.24) is 0 Å². The molecule has 0 amide bonds. The molecule has 0 bridgehead atoms. The molecule has 96 valence electrons. The first kappa shape index (κ1) is 14.4. The number of rotatable bonds is 7. The fourth-order valence-corrected chi connectivity index (χ4v) is 2.29. The molecule has 3 heteroatoms. The zero-order valence-electron chi connectivity index (χ0n) is 11.1. The topological polar surface area (TPSA) is 29.3 Å². The molecule has 0 aliphatic carbocycles. The second kappa shape index (κ2) is 7.62. The third-order valence-electron chi connectivity index (χ3n) is 2.95. The second-order valence-electron chi connectivity index (χ2n) is 4.48. The minimum absolute atomic E-state index is 0.604. The van der Waals surface area contributed by atoms with Crippen LogP contribution in [0.5, 0.6) is 0 Å². The minimum Gasteiger partial charge on any atom is -0.375 e. The van der Waals surface area contributed by atoms with Gasteiger partial charge in [-0.15, -0.1) is 11.8 Å². The van der Waals surface area contributed by atoms with Crippen LogP contribution in [-0.2, 0) is 0 Å². The van der Waals surface area contributed by atoms with E-state index in [9.17, 15) is 0 Å². The Bertz CT molecular complexity index is 311. The lowest BCUT2D eigenvalue weighted by molar-refractivity contribution is 0.545. The van der Waals surface area contributed by atoms with Gasteiger partial charge in [0, 0.05) is 24.2 Å². The summed E-state index contributed by atoms with van der Waals surface area (Å²) in [7, 11) is 2.14. The van der Waals surface area contributed by atoms with Gasteiger partial charge in [-0.05, 0) is 48.9 Å². The van der Waals surface area contributed by atoms with E-state index in [2.05, 4.69) is 50.1 Å². The number of benzene rings is 1. The maximum Gasteiger partial charge on any atom is 0.0364 e. The van der Waals surface area contributed by atoms with E-state index in [1.165, 1.54) is 10.6 Å². The molecule has 1 atom stereocenters. The number of anilines is 1. The van der Waals surface area contributed by atoms with Gasteiger partial charge >= 0.3 is 0 Å². The normalized spacial score (nSPS) is 12.5. The molecule has 0 saturated carbocycles. The molecule has 1 aromatic rings. The molecule has 0 radical (unpaired) electrons. The number of nitrogens with zero attached hydrogens (tertiary/aromatic N) is 1. The van der Waals surface area contributed by atoms with Crippen molar-refractivity contribution < 1.29 is 0 Å². The van der Waals surface area contributed by atoms with E-state index in [1.807, 2.05) is 11.8 Å². The largest absolute Gasteiger partial charge is 0.375 e. The molecule has 0 aliphatic rings. The van der Waals surface area contributed by atoms with Crippen LogP contribution in [0.4, 0.5) is 5.69 Å². The zero-order valence-corrected chi connectivity index (χ0v) is 12.0. The molecule has 17 heavy (non-hydrogen) atoms. The van der Waals surface area contributed by atoms with Gasteiger partial charge < -0.3 is 10.6 Å². The van der Waals surface area contributed by atoms with Gasteiger partial charge in [-0.2, -0.15) is 0 Å². The lowest BCUT2D eigenvalue weighted by Crippen LogP contribution is -2.22. The van der Waals surface area contributed by atoms with Crippen molar-refractivity contribution in [2.75, 3.05) is 30.8 Å². The van der Waals surface area contributed by atoms with Crippen LogP contribution in [0.3, 0.4) is 0 Å². The Morgan fingerprint density at radius 1 is 1.29 bits per heavy atom. The van der Waals surface area contributed by atoms with Crippen molar-refractivity contribution in [2.45, 2.75) is 25.2 Å². The Morgan fingerprint density at radius 3 is 2.47 bits per heavy atom. The third-order valence-corrected chi connectivity index (χ3v) is 3.84. The molecule has 2 N–H and O–H groups in total. The van der Waals surface area contributed by atoms with Gasteiger partial charge in [0.15, 0.2) is 0 Å². The number of nitrogens with two attached hydrogens (primary N) is 1. The van der Waals surface area contributed by atoms with E-state index in [0.717, 1.165) is 25.3 Å². The average Bonchev–Trinajstić information content (AvgIpc) is 2.36. The first-order chi connectivity index (χ1) is 8.17. The van der Waals surface area contributed by atoms with E-state index in [4.69, 9.17) is 5.73 Å². The summed E-state index contributed by atoms with van der Waals surface area (Å²) in [6.45, 7) is 6.23. The van der Waals surface area contributed by atoms with Crippen LogP contribution in [0.25, 0.3) is 0 Å². The van der Waals surface area contributed by atoms with Crippen LogP contribution >= 0.6 is 11.8 Å². The van der Waals surface area contributed by atoms with E-state index in [-0.39, 0.29) is 0 Å². The minimum atomic E-state index is 0.604. The molecule has 0 heterocycles. The van der Waals surface area contributed by atoms with Crippen LogP contribution in [-0.4, -0.2) is 25.9 Å². The van der Waals surface area contributed by atoms with Gasteiger partial charge in [-0.25, -0.2) is 0 Å². The molecule has 2 nitrogen and oxygen atoms in total. The lowest BCUT2D eigenvalue weighted by Gasteiger charge is -2.21. The maximum atomic E-state index is 5.63. The van der Waals surface area contributed by atoms with Gasteiger partial charge in [-0.3, -0.25) is 0 Å². The number of hydrogen-bond acceptors (Lipinski definition) is 3. The molecule has 0 spiro atoms. The summed E-state index contributed by atoms with van der Waals surface area (Å²) in [5.41, 5.74) is 6.92. The van der Waals surface area contributed by atoms with Crippen molar-refractivity contribution in [3.63, 3.8) is 0 Å². The van der Waals surface area contributed by atoms with Crippen LogP contribution in [0.2, 0.25) is 0 Å². The summed E-state index contributed by atoms with van der Waals surface area (Å²) in [4.78, 5) is 3.65. The lowest BCUT2D eigenvalue weighted by atomic mass is 10.1. The second-order valence-corrected chi connectivity index (χ2v) is 5.82. The van der Waals surface area contributed by atoms with Crippen molar-refractivity contribution in [1.29, 1.82) is 0 Å². The van der Waals surface area contributed by atoms with Gasteiger partial charge in [-0.1, -0.05) is 13.8 Å². The highest BCUT2D eigenvalue weighted by Gasteiger charge is 2.04. The standard InChI is InChI=1S/C14H24N2S/c1-4-17-14-7-5-13(6-8-14)16(3)10-9-12(2)11-15/h5-8,12H,4,9-11,15H2,1-3H3. The monoisotopic (exact) mass is 252 g/mol. The smallest absolute Gasteiger partial charge is 0.0364 e. The SMILES string of the molecule is CCSc1ccc(N(C)CCC(C)CN)cc1. The Labute approximate surface area is 110 Å². The Morgan fingerprint density at radius 2 is 1.94 bits per heavy atom. The summed E-state index contributed by atoms with van der Waals surface area (Å²) >= 11 is 1.88. The van der Waals surface area contributed by atoms with Crippen LogP contribution in [0.1, 0.15) is 20.3 Å². The van der Waals surface area contributed by atoms with E-state index < -0.39 is 0 Å². The van der Waals surface area contributed by atoms with Crippen molar-refractivity contribution in [3.05, 3.63) is 24.3 Å². The van der Waals surface area contributed by atoms with E-state index in [0.29, 0.717) is 5.92 Å². The van der Waals surface area contributed by atoms with Crippen molar-refractivity contribution in [3.8, 4) is 0 Å². The molecule has 1 unspecified atom stereocenters. The summed E-state index contributed by atoms with van der Waals surface area (Å²) in [5, 5.41) is 0. The predicted octanol–water partition coefficient (Wildman–Crippen LogP) is 3.22. The molecule has 1 aromatic carbocycles. The molecular formula is C14H24N2S. The Hall–Kier alpha value is -0.670. The summed E-state index contributed by atoms with van der Waals surface area (Å²) in [5.74, 6) is 1.73. The van der Waals surface area contributed by atoms with Crippen molar-refractivity contribution >= 4 is 17.4 Å². The Kier molecular flexibility index (Phi) is 6.45. The van der Waals surface area contributed by atoms with E-state index >= 15 is 0 Å². The van der Waals surface area contributed by atoms with Crippen molar-refractivity contribution in [2.24, 2.45) is 11.7 Å². The average molecular weight is 252 g/mol. The van der Waals surface area contributed by atoms with Gasteiger partial charge in [0.1, 0.15) is 0 Å². The molecule has 0 fully saturated rings. The maximum absolute atomic E-state index is 5.63. The first-order valence-electron chi connectivity index (χ1n) is 6.31. The summed E-state index contributed by atoms with van der Waals surface area (Å²) < 4.78 is 0. The number of hydrogen-bond donors (Lipinski definition) is 1. The quantitative estimate of drug-likeness (QED) is 0.756. The van der Waals surface area contributed by atoms with Gasteiger partial charge in [0.2, 0.25) is 0 Å². The van der Waals surface area contributed by atoms with Gasteiger partial charge in [0.25, 0.3) is 0 Å². The van der Waals surface area contributed by atoms with Crippen LogP contribution in [0.15, 0.2) is 29.2 Å². The molecule has 1 rings (SSSR count). The Balaban J connectivity index is 2.48. The predicted molar refractivity (Wildman–Crippen MR) is 78.9 cm³/mol. The highest BCUT2D eigenvalue weighted by molar-refractivity contribution is 7.99. The zero-order chi connectivity index (χ0) is 12.7. The fraction of sp³-hybridized carbons (Fsp3) is 0.571. The number of thioether (sulfide) groups is 1. The molecular weight excluding hydrogens is 228 g/mol. The highest BCUT2D eigenvalue weighted by Crippen LogP contribution is 2.21. The molecule has 0 saturated heterocycles. The van der Waals surface area contributed by atoms with E-state index in [1.54, 1.807) is 0 Å². The first-order valence-corrected chi connectivity index (χ1v) is 7.30. The van der Waals surface area contributed by atoms with Crippen LogP contribution in [0, 0.1) is 5.92 Å². The molecule has 0 aliphatic heterocycles. The summed E-state index contributed by atoms with van der Waals surface area (Å²) in [6.07, 6.45) is 1.15. The fourth-order valence-electron chi connectivity index (χ4n) is 1.62.